The van der Waals surface area contributed by atoms with Crippen LogP contribution in [-0.4, -0.2) is 55.1 Å². The molecule has 2 saturated heterocycles. The molecular formula is C22H27ClN4O. The number of amides is 1. The highest BCUT2D eigenvalue weighted by molar-refractivity contribution is 6.30. The van der Waals surface area contributed by atoms with E-state index >= 15 is 0 Å². The van der Waals surface area contributed by atoms with E-state index in [1.807, 2.05) is 35.2 Å². The number of carbonyl (C=O) groups excluding carboxylic acids is 1. The number of nitrogens with zero attached hydrogens (tertiary/aromatic N) is 4. The number of anilines is 2. The highest BCUT2D eigenvalue weighted by Gasteiger charge is 2.20. The zero-order valence-electron chi connectivity index (χ0n) is 16.2. The average molecular weight is 399 g/mol. The van der Waals surface area contributed by atoms with Crippen LogP contribution in [0.1, 0.15) is 36.0 Å². The molecule has 148 valence electrons. The van der Waals surface area contributed by atoms with Crippen molar-refractivity contribution in [3.8, 4) is 0 Å². The van der Waals surface area contributed by atoms with E-state index < -0.39 is 0 Å². The highest BCUT2D eigenvalue weighted by atomic mass is 35.5. The summed E-state index contributed by atoms with van der Waals surface area (Å²) < 4.78 is 0. The summed E-state index contributed by atoms with van der Waals surface area (Å²) in [5.74, 6) is 1.06. The molecular weight excluding hydrogens is 372 g/mol. The number of carbonyl (C=O) groups is 1. The standard InChI is InChI=1S/C22H27ClN4O/c23-19-6-5-7-20(16-19)25-12-14-26(15-13-25)21-9-8-18(17-24-21)22(28)27-10-3-1-2-4-11-27/h5-9,16-17H,1-4,10-15H2. The summed E-state index contributed by atoms with van der Waals surface area (Å²) in [7, 11) is 0. The smallest absolute Gasteiger partial charge is 0.255 e. The molecule has 28 heavy (non-hydrogen) atoms. The van der Waals surface area contributed by atoms with Crippen molar-refractivity contribution in [2.24, 2.45) is 0 Å². The van der Waals surface area contributed by atoms with Gasteiger partial charge in [0.25, 0.3) is 5.91 Å². The maximum Gasteiger partial charge on any atom is 0.255 e. The number of likely N-dealkylation sites (tertiary alicyclic amines) is 1. The van der Waals surface area contributed by atoms with Crippen molar-refractivity contribution in [1.82, 2.24) is 9.88 Å². The van der Waals surface area contributed by atoms with Crippen LogP contribution < -0.4 is 9.80 Å². The third-order valence-corrected chi connectivity index (χ3v) is 5.90. The topological polar surface area (TPSA) is 39.7 Å². The largest absolute Gasteiger partial charge is 0.368 e. The molecule has 0 aliphatic carbocycles. The van der Waals surface area contributed by atoms with Crippen LogP contribution in [0.2, 0.25) is 5.02 Å². The SMILES string of the molecule is O=C(c1ccc(N2CCN(c3cccc(Cl)c3)CC2)nc1)N1CCCCCC1. The van der Waals surface area contributed by atoms with E-state index in [1.165, 1.54) is 18.5 Å². The van der Waals surface area contributed by atoms with Crippen LogP contribution in [-0.2, 0) is 0 Å². The van der Waals surface area contributed by atoms with E-state index in [1.54, 1.807) is 6.20 Å². The lowest BCUT2D eigenvalue weighted by atomic mass is 10.2. The Hall–Kier alpha value is -2.27. The van der Waals surface area contributed by atoms with Gasteiger partial charge in [-0.1, -0.05) is 30.5 Å². The molecule has 3 heterocycles. The molecule has 0 N–H and O–H groups in total. The third kappa shape index (κ3) is 4.41. The van der Waals surface area contributed by atoms with Gasteiger partial charge in [0.2, 0.25) is 0 Å². The first-order valence-electron chi connectivity index (χ1n) is 10.2. The van der Waals surface area contributed by atoms with Crippen molar-refractivity contribution < 1.29 is 4.79 Å². The van der Waals surface area contributed by atoms with Gasteiger partial charge in [-0.2, -0.15) is 0 Å². The van der Waals surface area contributed by atoms with Gasteiger partial charge >= 0.3 is 0 Å². The Bertz CT molecular complexity index is 794. The minimum absolute atomic E-state index is 0.117. The Balaban J connectivity index is 1.36. The first kappa shape index (κ1) is 19.1. The summed E-state index contributed by atoms with van der Waals surface area (Å²) in [4.78, 5) is 23.9. The van der Waals surface area contributed by atoms with E-state index in [2.05, 4.69) is 20.9 Å². The van der Waals surface area contributed by atoms with Crippen molar-refractivity contribution in [3.05, 3.63) is 53.2 Å². The second-order valence-corrected chi connectivity index (χ2v) is 8.00. The molecule has 0 spiro atoms. The molecule has 0 saturated carbocycles. The van der Waals surface area contributed by atoms with Crippen LogP contribution in [0.4, 0.5) is 11.5 Å². The van der Waals surface area contributed by atoms with Crippen LogP contribution in [0.5, 0.6) is 0 Å². The quantitative estimate of drug-likeness (QED) is 0.781. The summed E-state index contributed by atoms with van der Waals surface area (Å²) >= 11 is 6.12. The normalized spacial score (nSPS) is 18.1. The highest BCUT2D eigenvalue weighted by Crippen LogP contribution is 2.22. The van der Waals surface area contributed by atoms with Crippen molar-refractivity contribution in [3.63, 3.8) is 0 Å². The van der Waals surface area contributed by atoms with Crippen molar-refractivity contribution in [2.45, 2.75) is 25.7 Å². The van der Waals surface area contributed by atoms with E-state index in [9.17, 15) is 4.79 Å². The summed E-state index contributed by atoms with van der Waals surface area (Å²) in [6.45, 7) is 5.39. The van der Waals surface area contributed by atoms with Gasteiger partial charge in [-0.15, -0.1) is 0 Å². The maximum absolute atomic E-state index is 12.7. The lowest BCUT2D eigenvalue weighted by molar-refractivity contribution is 0.0761. The molecule has 2 aliphatic rings. The molecule has 2 aromatic rings. The predicted octanol–water partition coefficient (Wildman–Crippen LogP) is 4.08. The van der Waals surface area contributed by atoms with E-state index in [0.717, 1.165) is 63.0 Å². The van der Waals surface area contributed by atoms with Crippen molar-refractivity contribution >= 4 is 29.0 Å². The zero-order valence-corrected chi connectivity index (χ0v) is 16.9. The van der Waals surface area contributed by atoms with E-state index in [4.69, 9.17) is 11.6 Å². The van der Waals surface area contributed by atoms with Crippen LogP contribution in [0, 0.1) is 0 Å². The predicted molar refractivity (Wildman–Crippen MR) is 114 cm³/mol. The molecule has 2 fully saturated rings. The minimum atomic E-state index is 0.117. The van der Waals surface area contributed by atoms with Crippen molar-refractivity contribution in [2.75, 3.05) is 49.1 Å². The first-order chi connectivity index (χ1) is 13.7. The lowest BCUT2D eigenvalue weighted by Gasteiger charge is -2.36. The zero-order chi connectivity index (χ0) is 19.3. The number of aromatic nitrogens is 1. The van der Waals surface area contributed by atoms with Gasteiger partial charge < -0.3 is 14.7 Å². The van der Waals surface area contributed by atoms with Gasteiger partial charge in [0.05, 0.1) is 5.56 Å². The summed E-state index contributed by atoms with van der Waals surface area (Å²) in [5.41, 5.74) is 1.86. The second kappa shape index (κ2) is 8.82. The van der Waals surface area contributed by atoms with Crippen LogP contribution >= 0.6 is 11.6 Å². The molecule has 1 aromatic heterocycles. The molecule has 4 rings (SSSR count). The van der Waals surface area contributed by atoms with Crippen LogP contribution in [0.25, 0.3) is 0 Å². The fourth-order valence-corrected chi connectivity index (χ4v) is 4.21. The third-order valence-electron chi connectivity index (χ3n) is 5.67. The summed E-state index contributed by atoms with van der Waals surface area (Å²) in [5, 5.41) is 0.770. The van der Waals surface area contributed by atoms with Gasteiger partial charge in [0, 0.05) is 56.2 Å². The number of rotatable bonds is 3. The Morgan fingerprint density at radius 1 is 0.857 bits per heavy atom. The summed E-state index contributed by atoms with van der Waals surface area (Å²) in [6, 6.07) is 11.9. The number of hydrogen-bond acceptors (Lipinski definition) is 4. The molecule has 0 unspecified atom stereocenters. The van der Waals surface area contributed by atoms with Crippen LogP contribution in [0.3, 0.4) is 0 Å². The van der Waals surface area contributed by atoms with Crippen LogP contribution in [0.15, 0.2) is 42.6 Å². The summed E-state index contributed by atoms with van der Waals surface area (Å²) in [6.07, 6.45) is 6.40. The number of piperazine rings is 1. The molecule has 1 amide bonds. The fourth-order valence-electron chi connectivity index (χ4n) is 4.02. The van der Waals surface area contributed by atoms with Gasteiger partial charge in [-0.3, -0.25) is 4.79 Å². The van der Waals surface area contributed by atoms with E-state index in [-0.39, 0.29) is 5.91 Å². The Morgan fingerprint density at radius 2 is 1.57 bits per heavy atom. The van der Waals surface area contributed by atoms with Gasteiger partial charge in [-0.25, -0.2) is 4.98 Å². The molecule has 2 aliphatic heterocycles. The number of pyridine rings is 1. The number of benzene rings is 1. The van der Waals surface area contributed by atoms with Gasteiger partial charge in [-0.05, 0) is 43.2 Å². The van der Waals surface area contributed by atoms with Gasteiger partial charge in [0.1, 0.15) is 5.82 Å². The Kier molecular flexibility index (Phi) is 6.01. The number of hydrogen-bond donors (Lipinski definition) is 0. The number of halogens is 1. The molecule has 0 atom stereocenters. The molecule has 1 aromatic carbocycles. The average Bonchev–Trinajstić information content (AvgIpc) is 3.03. The Morgan fingerprint density at radius 3 is 2.21 bits per heavy atom. The molecule has 6 heteroatoms. The monoisotopic (exact) mass is 398 g/mol. The van der Waals surface area contributed by atoms with Crippen molar-refractivity contribution in [1.29, 1.82) is 0 Å². The van der Waals surface area contributed by atoms with E-state index in [0.29, 0.717) is 5.56 Å². The molecule has 0 bridgehead atoms. The fraction of sp³-hybridized carbons (Fsp3) is 0.455. The first-order valence-corrected chi connectivity index (χ1v) is 10.6. The minimum Gasteiger partial charge on any atom is -0.368 e. The second-order valence-electron chi connectivity index (χ2n) is 7.57. The molecule has 5 nitrogen and oxygen atoms in total. The van der Waals surface area contributed by atoms with Gasteiger partial charge in [0.15, 0.2) is 0 Å². The molecule has 0 radical (unpaired) electrons. The lowest BCUT2D eigenvalue weighted by Crippen LogP contribution is -2.46. The Labute approximate surface area is 171 Å². The maximum atomic E-state index is 12.7.